The van der Waals surface area contributed by atoms with E-state index in [2.05, 4.69) is 25.9 Å². The average molecular weight is 319 g/mol. The minimum atomic E-state index is -0.0793. The van der Waals surface area contributed by atoms with Crippen LogP contribution in [0, 0.1) is 0 Å². The smallest absolute Gasteiger partial charge is 0.238 e. The van der Waals surface area contributed by atoms with E-state index < -0.39 is 0 Å². The Bertz CT molecular complexity index is 730. The maximum atomic E-state index is 9.76. The van der Waals surface area contributed by atoms with Crippen molar-refractivity contribution in [3.63, 3.8) is 0 Å². The van der Waals surface area contributed by atoms with Gasteiger partial charge in [0.25, 0.3) is 0 Å². The molecular formula is C13H11BrN4O. The van der Waals surface area contributed by atoms with Crippen LogP contribution in [0.3, 0.4) is 0 Å². The van der Waals surface area contributed by atoms with E-state index in [4.69, 9.17) is 5.73 Å². The number of nitrogens with zero attached hydrogens (tertiary/aromatic N) is 3. The van der Waals surface area contributed by atoms with Crippen LogP contribution in [0.2, 0.25) is 0 Å². The maximum absolute atomic E-state index is 9.76. The number of rotatable bonds is 1. The number of nitrogens with two attached hydrogens (primary N) is 1. The molecule has 2 heterocycles. The van der Waals surface area contributed by atoms with E-state index in [1.807, 2.05) is 24.3 Å². The number of imidazole rings is 1. The molecule has 0 fully saturated rings. The predicted octanol–water partition coefficient (Wildman–Crippen LogP) is 2.73. The van der Waals surface area contributed by atoms with Crippen LogP contribution in [0.5, 0.6) is 5.88 Å². The van der Waals surface area contributed by atoms with Crippen molar-refractivity contribution in [2.75, 3.05) is 5.73 Å². The van der Waals surface area contributed by atoms with E-state index >= 15 is 0 Å². The first kappa shape index (κ1) is 12.0. The number of hydrogen-bond donors (Lipinski definition) is 2. The summed E-state index contributed by atoms with van der Waals surface area (Å²) >= 11 is 3.47. The van der Waals surface area contributed by atoms with Gasteiger partial charge < -0.3 is 15.4 Å². The third kappa shape index (κ3) is 1.84. The van der Waals surface area contributed by atoms with Crippen molar-refractivity contribution in [2.24, 2.45) is 12.0 Å². The van der Waals surface area contributed by atoms with Gasteiger partial charge in [0.2, 0.25) is 11.8 Å². The Kier molecular flexibility index (Phi) is 2.67. The Hall–Kier alpha value is -2.08. The van der Waals surface area contributed by atoms with Gasteiger partial charge in [0.15, 0.2) is 0 Å². The minimum absolute atomic E-state index is 0.0793. The molecule has 1 aromatic carbocycles. The van der Waals surface area contributed by atoms with Crippen molar-refractivity contribution in [2.45, 2.75) is 0 Å². The van der Waals surface area contributed by atoms with E-state index in [0.29, 0.717) is 5.69 Å². The first-order valence-corrected chi connectivity index (χ1v) is 6.43. The van der Waals surface area contributed by atoms with Crippen LogP contribution in [0.4, 0.5) is 11.6 Å². The lowest BCUT2D eigenvalue weighted by Gasteiger charge is -2.02. The number of aromatic hydroxyl groups is 1. The van der Waals surface area contributed by atoms with Crippen molar-refractivity contribution >= 4 is 45.4 Å². The zero-order valence-corrected chi connectivity index (χ0v) is 11.7. The molecule has 0 amide bonds. The number of hydrogen-bond acceptors (Lipinski definition) is 4. The lowest BCUT2D eigenvalue weighted by atomic mass is 10.1. The molecule has 2 aromatic rings. The molecule has 19 heavy (non-hydrogen) atoms. The summed E-state index contributed by atoms with van der Waals surface area (Å²) in [5, 5.41) is 9.76. The Labute approximate surface area is 118 Å². The topological polar surface area (TPSA) is 76.4 Å². The second-order valence-corrected chi connectivity index (χ2v) is 5.09. The molecular weight excluding hydrogens is 308 g/mol. The first-order chi connectivity index (χ1) is 9.08. The quantitative estimate of drug-likeness (QED) is 0.848. The number of anilines is 1. The average Bonchev–Trinajstić information content (AvgIpc) is 2.88. The van der Waals surface area contributed by atoms with Gasteiger partial charge >= 0.3 is 0 Å². The normalized spacial score (nSPS) is 15.2. The third-order valence-electron chi connectivity index (χ3n) is 3.08. The molecule has 0 saturated carbocycles. The van der Waals surface area contributed by atoms with Gasteiger partial charge in [-0.1, -0.05) is 12.1 Å². The number of halogens is 1. The molecule has 0 aliphatic carbocycles. The van der Waals surface area contributed by atoms with Crippen LogP contribution < -0.4 is 5.73 Å². The summed E-state index contributed by atoms with van der Waals surface area (Å²) in [4.78, 5) is 8.18. The molecule has 0 unspecified atom stereocenters. The van der Waals surface area contributed by atoms with E-state index in [1.165, 1.54) is 0 Å². The molecule has 1 aliphatic rings. The summed E-state index contributed by atoms with van der Waals surface area (Å²) < 4.78 is 2.57. The number of aromatic nitrogens is 2. The highest BCUT2D eigenvalue weighted by atomic mass is 79.9. The fraction of sp³-hybridized carbons (Fsp3) is 0.0769. The number of allylic oxidation sites excluding steroid dienone is 1. The summed E-state index contributed by atoms with van der Waals surface area (Å²) in [6, 6.07) is 5.87. The monoisotopic (exact) mass is 318 g/mol. The number of para-hydroxylation sites is 1. The summed E-state index contributed by atoms with van der Waals surface area (Å²) in [5.74, 6) is 0.193. The first-order valence-electron chi connectivity index (χ1n) is 5.63. The van der Waals surface area contributed by atoms with Gasteiger partial charge in [-0.2, -0.15) is 4.98 Å². The van der Waals surface area contributed by atoms with Crippen molar-refractivity contribution in [1.29, 1.82) is 0 Å². The number of fused-ring (bicyclic) bond motifs is 1. The van der Waals surface area contributed by atoms with E-state index in [-0.39, 0.29) is 11.8 Å². The molecule has 96 valence electrons. The Morgan fingerprint density at radius 1 is 1.42 bits per heavy atom. The molecule has 3 rings (SSSR count). The van der Waals surface area contributed by atoms with Crippen molar-refractivity contribution in [3.8, 4) is 5.88 Å². The molecule has 0 radical (unpaired) electrons. The number of nitrogen functional groups attached to an aromatic ring is 1. The van der Waals surface area contributed by atoms with E-state index in [9.17, 15) is 5.11 Å². The third-order valence-corrected chi connectivity index (χ3v) is 3.72. The second-order valence-electron chi connectivity index (χ2n) is 4.23. The summed E-state index contributed by atoms with van der Waals surface area (Å²) in [6.45, 7) is 0. The van der Waals surface area contributed by atoms with Gasteiger partial charge in [0.05, 0.1) is 5.69 Å². The molecule has 0 atom stereocenters. The van der Waals surface area contributed by atoms with Gasteiger partial charge in [-0.05, 0) is 28.1 Å². The summed E-state index contributed by atoms with van der Waals surface area (Å²) in [6.07, 6.45) is 3.58. The molecule has 1 aromatic heterocycles. The lowest BCUT2D eigenvalue weighted by Crippen LogP contribution is -1.98. The second kappa shape index (κ2) is 4.24. The highest BCUT2D eigenvalue weighted by Gasteiger charge is 2.17. The van der Waals surface area contributed by atoms with Crippen molar-refractivity contribution in [3.05, 3.63) is 33.9 Å². The maximum Gasteiger partial charge on any atom is 0.238 e. The zero-order valence-electron chi connectivity index (χ0n) is 10.1. The fourth-order valence-electron chi connectivity index (χ4n) is 2.02. The van der Waals surface area contributed by atoms with Crippen LogP contribution in [0.15, 0.2) is 27.7 Å². The molecule has 1 aliphatic heterocycles. The molecule has 6 heteroatoms. The lowest BCUT2D eigenvalue weighted by molar-refractivity contribution is 0.455. The van der Waals surface area contributed by atoms with Crippen LogP contribution >= 0.6 is 15.9 Å². The molecule has 5 nitrogen and oxygen atoms in total. The van der Waals surface area contributed by atoms with Crippen LogP contribution in [0.1, 0.15) is 11.3 Å². The van der Waals surface area contributed by atoms with Gasteiger partial charge in [0, 0.05) is 28.9 Å². The van der Waals surface area contributed by atoms with Gasteiger partial charge in [-0.15, -0.1) is 0 Å². The zero-order chi connectivity index (χ0) is 13.6. The number of aliphatic imine (C=N–C) groups is 1. The predicted molar refractivity (Wildman–Crippen MR) is 79.5 cm³/mol. The Morgan fingerprint density at radius 2 is 2.21 bits per heavy atom. The molecule has 0 saturated heterocycles. The fourth-order valence-corrected chi connectivity index (χ4v) is 2.49. The minimum Gasteiger partial charge on any atom is -0.492 e. The molecule has 0 spiro atoms. The van der Waals surface area contributed by atoms with Crippen molar-refractivity contribution in [1.82, 2.24) is 9.55 Å². The summed E-state index contributed by atoms with van der Waals surface area (Å²) in [5.41, 5.74) is 9.03. The highest BCUT2D eigenvalue weighted by molar-refractivity contribution is 9.10. The van der Waals surface area contributed by atoms with Crippen LogP contribution in [0.25, 0.3) is 11.6 Å². The molecule has 0 bridgehead atoms. The summed E-state index contributed by atoms with van der Waals surface area (Å²) in [7, 11) is 1.75. The van der Waals surface area contributed by atoms with Gasteiger partial charge in [-0.3, -0.25) is 4.99 Å². The Morgan fingerprint density at radius 3 is 2.89 bits per heavy atom. The van der Waals surface area contributed by atoms with Gasteiger partial charge in [-0.25, -0.2) is 0 Å². The highest BCUT2D eigenvalue weighted by Crippen LogP contribution is 2.38. The standard InChI is InChI=1S/C13H11BrN4O/c1-18-10(12(19)17-13(18)15)5-7-6-16-11-8(7)3-2-4-9(11)14/h2-6,19H,1H3,(H2,15,17). The Balaban J connectivity index is 2.14. The SMILES string of the molecule is Cn1c(N)nc(O)c1C=C1C=Nc2c(Br)cccc21. The largest absolute Gasteiger partial charge is 0.492 e. The van der Waals surface area contributed by atoms with Crippen LogP contribution in [-0.2, 0) is 7.05 Å². The van der Waals surface area contributed by atoms with Gasteiger partial charge in [0.1, 0.15) is 5.69 Å². The van der Waals surface area contributed by atoms with Crippen molar-refractivity contribution < 1.29 is 5.11 Å². The van der Waals surface area contributed by atoms with E-state index in [1.54, 1.807) is 17.8 Å². The van der Waals surface area contributed by atoms with E-state index in [0.717, 1.165) is 21.3 Å². The molecule has 3 N–H and O–H groups in total. The number of benzene rings is 1. The van der Waals surface area contributed by atoms with Crippen LogP contribution in [-0.4, -0.2) is 20.9 Å².